The Morgan fingerprint density at radius 1 is 0.919 bits per heavy atom. The second kappa shape index (κ2) is 10.7. The Balaban J connectivity index is 1.33. The molecule has 0 atom stereocenters. The second-order valence-corrected chi connectivity index (χ2v) is 9.74. The molecule has 5 rings (SSSR count). The van der Waals surface area contributed by atoms with Crippen molar-refractivity contribution in [2.24, 2.45) is 0 Å². The van der Waals surface area contributed by atoms with Gasteiger partial charge >= 0.3 is 0 Å². The van der Waals surface area contributed by atoms with Crippen molar-refractivity contribution in [2.75, 3.05) is 33.3 Å². The van der Waals surface area contributed by atoms with Crippen molar-refractivity contribution in [3.05, 3.63) is 107 Å². The molecule has 1 aromatic heterocycles. The van der Waals surface area contributed by atoms with E-state index in [1.165, 1.54) is 11.1 Å². The van der Waals surface area contributed by atoms with E-state index in [0.29, 0.717) is 18.8 Å². The number of carbonyl (C=O) groups excluding carboxylic acids is 1. The number of carbonyl (C=O) groups is 1. The summed E-state index contributed by atoms with van der Waals surface area (Å²) in [5.74, 6) is 1.64. The number of methoxy groups -OCH3 is 1. The first-order valence-electron chi connectivity index (χ1n) is 12.9. The Hall–Kier alpha value is -3.83. The summed E-state index contributed by atoms with van der Waals surface area (Å²) in [4.78, 5) is 17.7. The number of hydrogen-bond donors (Lipinski definition) is 0. The normalized spacial score (nSPS) is 14.9. The van der Waals surface area contributed by atoms with Crippen LogP contribution in [0, 0.1) is 13.8 Å². The molecular formula is C32H34N2O3. The number of piperazine rings is 1. The Kier molecular flexibility index (Phi) is 7.15. The second-order valence-electron chi connectivity index (χ2n) is 9.74. The van der Waals surface area contributed by atoms with Gasteiger partial charge in [0.25, 0.3) is 0 Å². The third-order valence-corrected chi connectivity index (χ3v) is 7.48. The zero-order valence-electron chi connectivity index (χ0n) is 22.0. The molecule has 5 heteroatoms. The molecule has 0 N–H and O–H groups in total. The summed E-state index contributed by atoms with van der Waals surface area (Å²) in [6, 6.07) is 25.4. The molecule has 1 saturated heterocycles. The molecule has 0 radical (unpaired) electrons. The summed E-state index contributed by atoms with van der Waals surface area (Å²) >= 11 is 0. The van der Waals surface area contributed by atoms with Crippen molar-refractivity contribution >= 4 is 22.4 Å². The lowest BCUT2D eigenvalue weighted by molar-refractivity contribution is -0.127. The summed E-state index contributed by atoms with van der Waals surface area (Å²) in [5, 5.41) is 1.05. The van der Waals surface area contributed by atoms with E-state index in [2.05, 4.69) is 78.6 Å². The average Bonchev–Trinajstić information content (AvgIpc) is 3.21. The van der Waals surface area contributed by atoms with Gasteiger partial charge in [0.2, 0.25) is 5.91 Å². The van der Waals surface area contributed by atoms with Gasteiger partial charge < -0.3 is 14.1 Å². The summed E-state index contributed by atoms with van der Waals surface area (Å²) in [7, 11) is 1.65. The van der Waals surface area contributed by atoms with Gasteiger partial charge in [-0.05, 0) is 49.1 Å². The van der Waals surface area contributed by atoms with Gasteiger partial charge in [-0.15, -0.1) is 0 Å². The van der Waals surface area contributed by atoms with Gasteiger partial charge in [-0.3, -0.25) is 9.69 Å². The van der Waals surface area contributed by atoms with Crippen LogP contribution in [0.5, 0.6) is 5.75 Å². The Morgan fingerprint density at radius 3 is 2.08 bits per heavy atom. The standard InChI is InChI=1S/C32H34N2O3/c1-22(27-20-28-23(2)24(3)37-30(28)21-29(27)36-4)19-31(35)33-15-17-34(18-16-33)32(25-11-7-5-8-12-25)26-13-9-6-10-14-26/h5-14,19-21,32H,15-18H2,1-4H3/b22-19+. The van der Waals surface area contributed by atoms with Gasteiger partial charge in [0.05, 0.1) is 13.2 Å². The van der Waals surface area contributed by atoms with Crippen molar-refractivity contribution in [3.8, 4) is 5.75 Å². The Labute approximate surface area is 219 Å². The number of allylic oxidation sites excluding steroid dienone is 1. The molecule has 0 bridgehead atoms. The molecule has 0 unspecified atom stereocenters. The first-order chi connectivity index (χ1) is 18.0. The molecule has 1 aliphatic rings. The van der Waals surface area contributed by atoms with Crippen LogP contribution >= 0.6 is 0 Å². The molecule has 37 heavy (non-hydrogen) atoms. The molecule has 2 heterocycles. The number of nitrogens with zero attached hydrogens (tertiary/aromatic N) is 2. The predicted octanol–water partition coefficient (Wildman–Crippen LogP) is 6.40. The molecule has 3 aromatic carbocycles. The number of benzene rings is 3. The maximum Gasteiger partial charge on any atom is 0.246 e. The maximum atomic E-state index is 13.3. The number of aryl methyl sites for hydroxylation is 2. The van der Waals surface area contributed by atoms with E-state index in [9.17, 15) is 4.79 Å². The summed E-state index contributed by atoms with van der Waals surface area (Å²) < 4.78 is 11.5. The third-order valence-electron chi connectivity index (χ3n) is 7.48. The lowest BCUT2D eigenvalue weighted by Gasteiger charge is -2.39. The van der Waals surface area contributed by atoms with Gasteiger partial charge in [0.15, 0.2) is 0 Å². The van der Waals surface area contributed by atoms with E-state index in [1.807, 2.05) is 24.8 Å². The largest absolute Gasteiger partial charge is 0.496 e. The van der Waals surface area contributed by atoms with Crippen molar-refractivity contribution in [3.63, 3.8) is 0 Å². The van der Waals surface area contributed by atoms with E-state index in [1.54, 1.807) is 13.2 Å². The van der Waals surface area contributed by atoms with Crippen LogP contribution in [0.2, 0.25) is 0 Å². The van der Waals surface area contributed by atoms with Gasteiger partial charge in [-0.2, -0.15) is 0 Å². The quantitative estimate of drug-likeness (QED) is 0.291. The molecule has 0 spiro atoms. The van der Waals surface area contributed by atoms with Gasteiger partial charge in [0.1, 0.15) is 17.1 Å². The third kappa shape index (κ3) is 5.05. The Morgan fingerprint density at radius 2 is 1.51 bits per heavy atom. The number of ether oxygens (including phenoxy) is 1. The first-order valence-corrected chi connectivity index (χ1v) is 12.9. The van der Waals surface area contributed by atoms with Crippen LogP contribution in [0.4, 0.5) is 0 Å². The summed E-state index contributed by atoms with van der Waals surface area (Å²) in [6.45, 7) is 9.00. The average molecular weight is 495 g/mol. The van der Waals surface area contributed by atoms with Crippen LogP contribution < -0.4 is 4.74 Å². The van der Waals surface area contributed by atoms with Gasteiger partial charge in [-0.25, -0.2) is 0 Å². The lowest BCUT2D eigenvalue weighted by atomic mass is 9.96. The van der Waals surface area contributed by atoms with E-state index in [-0.39, 0.29) is 11.9 Å². The number of fused-ring (bicyclic) bond motifs is 1. The van der Waals surface area contributed by atoms with E-state index < -0.39 is 0 Å². The minimum atomic E-state index is 0.0374. The lowest BCUT2D eigenvalue weighted by Crippen LogP contribution is -2.49. The minimum Gasteiger partial charge on any atom is -0.496 e. The van der Waals surface area contributed by atoms with Crippen LogP contribution in [0.3, 0.4) is 0 Å². The zero-order valence-corrected chi connectivity index (χ0v) is 22.0. The molecule has 0 saturated carbocycles. The molecular weight excluding hydrogens is 460 g/mol. The molecule has 0 aliphatic carbocycles. The van der Waals surface area contributed by atoms with Crippen LogP contribution in [0.1, 0.15) is 41.0 Å². The molecule has 1 amide bonds. The highest BCUT2D eigenvalue weighted by molar-refractivity contribution is 5.97. The van der Waals surface area contributed by atoms with Crippen LogP contribution in [-0.4, -0.2) is 49.0 Å². The number of hydrogen-bond acceptors (Lipinski definition) is 4. The zero-order chi connectivity index (χ0) is 25.9. The predicted molar refractivity (Wildman–Crippen MR) is 149 cm³/mol. The number of amides is 1. The first kappa shape index (κ1) is 24.8. The fraction of sp³-hybridized carbons (Fsp3) is 0.281. The van der Waals surface area contributed by atoms with Crippen LogP contribution in [0.25, 0.3) is 16.5 Å². The monoisotopic (exact) mass is 494 g/mol. The van der Waals surface area contributed by atoms with Gasteiger partial charge in [0, 0.05) is 49.3 Å². The molecule has 4 aromatic rings. The highest BCUT2D eigenvalue weighted by Gasteiger charge is 2.28. The summed E-state index contributed by atoms with van der Waals surface area (Å²) in [5.41, 5.74) is 6.26. The fourth-order valence-electron chi connectivity index (χ4n) is 5.29. The summed E-state index contributed by atoms with van der Waals surface area (Å²) in [6.07, 6.45) is 1.74. The molecule has 1 aliphatic heterocycles. The molecule has 190 valence electrons. The Bertz CT molecular complexity index is 1380. The van der Waals surface area contributed by atoms with Crippen molar-refractivity contribution < 1.29 is 13.9 Å². The topological polar surface area (TPSA) is 45.9 Å². The van der Waals surface area contributed by atoms with Gasteiger partial charge in [-0.1, -0.05) is 60.7 Å². The van der Waals surface area contributed by atoms with E-state index >= 15 is 0 Å². The van der Waals surface area contributed by atoms with Crippen molar-refractivity contribution in [2.45, 2.75) is 26.8 Å². The van der Waals surface area contributed by atoms with E-state index in [4.69, 9.17) is 9.15 Å². The molecule has 1 fully saturated rings. The number of furan rings is 1. The van der Waals surface area contributed by atoms with Crippen molar-refractivity contribution in [1.82, 2.24) is 9.80 Å². The molecule has 5 nitrogen and oxygen atoms in total. The van der Waals surface area contributed by atoms with Crippen molar-refractivity contribution in [1.29, 1.82) is 0 Å². The highest BCUT2D eigenvalue weighted by Crippen LogP contribution is 2.35. The van der Waals surface area contributed by atoms with Crippen LogP contribution in [0.15, 0.2) is 83.3 Å². The SMILES string of the molecule is COc1cc2oc(C)c(C)c2cc1/C(C)=C/C(=O)N1CCN(C(c2ccccc2)c2ccccc2)CC1. The fourth-order valence-corrected chi connectivity index (χ4v) is 5.29. The maximum absolute atomic E-state index is 13.3. The van der Waals surface area contributed by atoms with Crippen LogP contribution in [-0.2, 0) is 4.79 Å². The number of rotatable bonds is 6. The van der Waals surface area contributed by atoms with E-state index in [0.717, 1.165) is 46.5 Å². The highest BCUT2D eigenvalue weighted by atomic mass is 16.5. The smallest absolute Gasteiger partial charge is 0.246 e. The minimum absolute atomic E-state index is 0.0374.